The molecule has 7 heteroatoms. The van der Waals surface area contributed by atoms with E-state index in [2.05, 4.69) is 0 Å². The summed E-state index contributed by atoms with van der Waals surface area (Å²) in [4.78, 5) is 22.1. The smallest absolute Gasteiger partial charge is 0.319 e. The average molecular weight is 280 g/mol. The topological polar surface area (TPSA) is 109 Å². The molecule has 4 N–H and O–H groups in total. The van der Waals surface area contributed by atoms with Crippen LogP contribution in [0.15, 0.2) is 24.5 Å². The minimum atomic E-state index is -0.481. The van der Waals surface area contributed by atoms with Gasteiger partial charge in [0.1, 0.15) is 12.2 Å². The van der Waals surface area contributed by atoms with Crippen LogP contribution in [-0.2, 0) is 14.3 Å². The van der Waals surface area contributed by atoms with Gasteiger partial charge in [-0.15, -0.1) is 0 Å². The molecule has 1 aromatic rings. The number of amides is 1. The first kappa shape index (κ1) is 14.4. The number of carbonyl (C=O) groups excluding carboxylic acids is 2. The van der Waals surface area contributed by atoms with Crippen LogP contribution >= 0.6 is 0 Å². The van der Waals surface area contributed by atoms with Gasteiger partial charge in [0.05, 0.1) is 12.6 Å². The number of esters is 1. The fourth-order valence-electron chi connectivity index (χ4n) is 2.09. The highest BCUT2D eigenvalue weighted by Gasteiger charge is 2.32. The van der Waals surface area contributed by atoms with Crippen molar-refractivity contribution in [1.29, 1.82) is 0 Å². The molecule has 1 amide bonds. The third-order valence-corrected chi connectivity index (χ3v) is 3.12. The Morgan fingerprint density at radius 2 is 2.25 bits per heavy atom. The Bertz CT molecular complexity index is 506. The molecule has 20 heavy (non-hydrogen) atoms. The summed E-state index contributed by atoms with van der Waals surface area (Å²) in [6.07, 6.45) is 4.68. The summed E-state index contributed by atoms with van der Waals surface area (Å²) in [7, 11) is 0. The third-order valence-electron chi connectivity index (χ3n) is 3.12. The molecule has 1 fully saturated rings. The molecule has 0 aliphatic carbocycles. The predicted molar refractivity (Wildman–Crippen MR) is 68.3 cm³/mol. The van der Waals surface area contributed by atoms with Gasteiger partial charge in [-0.25, -0.2) is 0 Å². The largest absolute Gasteiger partial charge is 0.462 e. The third kappa shape index (κ3) is 3.52. The van der Waals surface area contributed by atoms with Crippen molar-refractivity contribution in [2.75, 3.05) is 13.2 Å². The number of carbonyl (C=O) groups is 2. The van der Waals surface area contributed by atoms with Crippen molar-refractivity contribution in [2.45, 2.75) is 25.2 Å². The number of rotatable bonds is 5. The van der Waals surface area contributed by atoms with Crippen molar-refractivity contribution < 1.29 is 23.6 Å². The summed E-state index contributed by atoms with van der Waals surface area (Å²) in [6, 6.07) is 3.39. The second-order valence-corrected chi connectivity index (χ2v) is 4.58. The normalized spacial score (nSPS) is 21.6. The maximum Gasteiger partial charge on any atom is 0.319 e. The molecule has 1 aliphatic heterocycles. The van der Waals surface area contributed by atoms with E-state index >= 15 is 0 Å². The number of primary amides is 1. The van der Waals surface area contributed by atoms with Gasteiger partial charge in [0.15, 0.2) is 12.4 Å². The van der Waals surface area contributed by atoms with Crippen LogP contribution in [0.25, 0.3) is 0 Å². The lowest BCUT2D eigenvalue weighted by atomic mass is 10.2. The van der Waals surface area contributed by atoms with Gasteiger partial charge in [0, 0.05) is 12.5 Å². The molecule has 2 rings (SSSR count). The van der Waals surface area contributed by atoms with Crippen molar-refractivity contribution in [2.24, 2.45) is 11.5 Å². The van der Waals surface area contributed by atoms with E-state index in [0.717, 1.165) is 12.8 Å². The molecule has 0 saturated carbocycles. The molecular weight excluding hydrogens is 262 g/mol. The zero-order chi connectivity index (χ0) is 14.5. The number of pyridine rings is 1. The minimum Gasteiger partial charge on any atom is -0.462 e. The molecule has 1 aliphatic rings. The Morgan fingerprint density at radius 1 is 1.45 bits per heavy atom. The van der Waals surface area contributed by atoms with Crippen LogP contribution in [0, 0.1) is 0 Å². The molecule has 0 aromatic carbocycles. The summed E-state index contributed by atoms with van der Waals surface area (Å²) in [5.41, 5.74) is 10.8. The zero-order valence-corrected chi connectivity index (χ0v) is 11.0. The average Bonchev–Trinajstić information content (AvgIpc) is 2.93. The molecule has 2 atom stereocenters. The van der Waals surface area contributed by atoms with Gasteiger partial charge in [-0.05, 0) is 12.5 Å². The molecule has 1 saturated heterocycles. The summed E-state index contributed by atoms with van der Waals surface area (Å²) in [5, 5.41) is 0. The second kappa shape index (κ2) is 6.44. The Kier molecular flexibility index (Phi) is 4.65. The van der Waals surface area contributed by atoms with Gasteiger partial charge in [0.25, 0.3) is 12.1 Å². The Morgan fingerprint density at radius 3 is 2.95 bits per heavy atom. The predicted octanol–water partition coefficient (Wildman–Crippen LogP) is -0.747. The van der Waals surface area contributed by atoms with Gasteiger partial charge in [-0.2, -0.15) is 4.57 Å². The van der Waals surface area contributed by atoms with Crippen molar-refractivity contribution in [3.05, 3.63) is 30.1 Å². The van der Waals surface area contributed by atoms with E-state index in [1.165, 1.54) is 0 Å². The number of hydrogen-bond donors (Lipinski definition) is 2. The van der Waals surface area contributed by atoms with Crippen LogP contribution in [0.2, 0.25) is 0 Å². The van der Waals surface area contributed by atoms with Crippen LogP contribution in [0.5, 0.6) is 0 Å². The Balaban J connectivity index is 1.93. The van der Waals surface area contributed by atoms with Crippen molar-refractivity contribution in [1.82, 2.24) is 0 Å². The lowest BCUT2D eigenvalue weighted by molar-refractivity contribution is -0.759. The highest BCUT2D eigenvalue weighted by molar-refractivity contribution is 5.92. The van der Waals surface area contributed by atoms with Gasteiger partial charge in [-0.1, -0.05) is 0 Å². The van der Waals surface area contributed by atoms with Crippen LogP contribution in [0.1, 0.15) is 29.4 Å². The highest BCUT2D eigenvalue weighted by Crippen LogP contribution is 2.24. The van der Waals surface area contributed by atoms with E-state index < -0.39 is 11.9 Å². The first-order valence-electron chi connectivity index (χ1n) is 6.42. The van der Waals surface area contributed by atoms with E-state index in [0.29, 0.717) is 5.56 Å². The van der Waals surface area contributed by atoms with E-state index in [1.807, 2.05) is 6.20 Å². The zero-order valence-electron chi connectivity index (χ0n) is 11.0. The molecule has 0 unspecified atom stereocenters. The SMILES string of the molecule is NCC(=O)OC[C@@H]1CC[C@H]([n+]2cccc(C(N)=O)c2)O1. The van der Waals surface area contributed by atoms with Gasteiger partial charge in [-0.3, -0.25) is 9.59 Å². The Labute approximate surface area is 116 Å². The maximum absolute atomic E-state index is 11.1. The summed E-state index contributed by atoms with van der Waals surface area (Å²) in [5.74, 6) is -0.925. The molecule has 2 heterocycles. The van der Waals surface area contributed by atoms with Gasteiger partial charge >= 0.3 is 5.97 Å². The first-order chi connectivity index (χ1) is 9.60. The number of nitrogens with two attached hydrogens (primary N) is 2. The Hall–Kier alpha value is -1.99. The summed E-state index contributed by atoms with van der Waals surface area (Å²) in [6.45, 7) is 0.0636. The van der Waals surface area contributed by atoms with Gasteiger partial charge < -0.3 is 20.9 Å². The summed E-state index contributed by atoms with van der Waals surface area (Å²) < 4.78 is 12.5. The standard InChI is InChI=1S/C13H17N3O4/c14-6-12(17)19-8-10-3-4-11(20-10)16-5-1-2-9(7-16)13(15)18/h1-2,5,7,10-11H,3-4,6,8,14H2,(H-,15,18)/p+1/t10-,11+/m0/s1. The molecule has 7 nitrogen and oxygen atoms in total. The monoisotopic (exact) mass is 280 g/mol. The van der Waals surface area contributed by atoms with Crippen LogP contribution in [0.3, 0.4) is 0 Å². The van der Waals surface area contributed by atoms with Gasteiger partial charge in [0.2, 0.25) is 0 Å². The number of ether oxygens (including phenoxy) is 2. The number of hydrogen-bond acceptors (Lipinski definition) is 5. The van der Waals surface area contributed by atoms with E-state index in [1.54, 1.807) is 22.9 Å². The van der Waals surface area contributed by atoms with E-state index in [9.17, 15) is 9.59 Å². The van der Waals surface area contributed by atoms with Crippen LogP contribution in [-0.4, -0.2) is 31.1 Å². The van der Waals surface area contributed by atoms with Crippen molar-refractivity contribution >= 4 is 11.9 Å². The van der Waals surface area contributed by atoms with Crippen molar-refractivity contribution in [3.63, 3.8) is 0 Å². The van der Waals surface area contributed by atoms with Crippen molar-refractivity contribution in [3.8, 4) is 0 Å². The molecule has 0 spiro atoms. The van der Waals surface area contributed by atoms with Crippen LogP contribution < -0.4 is 16.0 Å². The molecular formula is C13H18N3O4+. The molecule has 0 radical (unpaired) electrons. The lowest BCUT2D eigenvalue weighted by Gasteiger charge is -2.11. The quantitative estimate of drug-likeness (QED) is 0.545. The fraction of sp³-hybridized carbons (Fsp3) is 0.462. The van der Waals surface area contributed by atoms with E-state index in [-0.39, 0.29) is 25.5 Å². The first-order valence-corrected chi connectivity index (χ1v) is 6.42. The lowest BCUT2D eigenvalue weighted by Crippen LogP contribution is -2.40. The van der Waals surface area contributed by atoms with Crippen LogP contribution in [0.4, 0.5) is 0 Å². The maximum atomic E-state index is 11.1. The molecule has 1 aromatic heterocycles. The fourth-order valence-corrected chi connectivity index (χ4v) is 2.09. The number of nitrogens with zero attached hydrogens (tertiary/aromatic N) is 1. The molecule has 0 bridgehead atoms. The summed E-state index contributed by atoms with van der Waals surface area (Å²) >= 11 is 0. The highest BCUT2D eigenvalue weighted by atomic mass is 16.6. The molecule has 108 valence electrons. The minimum absolute atomic E-state index is 0.133. The number of aromatic nitrogens is 1. The van der Waals surface area contributed by atoms with E-state index in [4.69, 9.17) is 20.9 Å². The second-order valence-electron chi connectivity index (χ2n) is 4.58.